The Morgan fingerprint density at radius 3 is 2.60 bits per heavy atom. The average molecular weight is 356 g/mol. The molecule has 1 aliphatic heterocycles. The normalized spacial score (nSPS) is 29.6. The minimum atomic E-state index is -1.69. The summed E-state index contributed by atoms with van der Waals surface area (Å²) in [6.45, 7) is -0.427. The lowest BCUT2D eigenvalue weighted by molar-refractivity contribution is -0.287. The highest BCUT2D eigenvalue weighted by Crippen LogP contribution is 2.26. The second-order valence-corrected chi connectivity index (χ2v) is 5.43. The van der Waals surface area contributed by atoms with Gasteiger partial charge in [0.2, 0.25) is 0 Å². The number of hydrogen-bond donors (Lipinski definition) is 5. The summed E-state index contributed by atoms with van der Waals surface area (Å²) in [4.78, 5) is 11.7. The Labute approximate surface area is 143 Å². The molecule has 1 aliphatic rings. The largest absolute Gasteiger partial charge is 0.504 e. The minimum absolute atomic E-state index is 0.0371. The third kappa shape index (κ3) is 4.68. The zero-order chi connectivity index (χ0) is 18.6. The molecule has 0 bridgehead atoms. The van der Waals surface area contributed by atoms with Crippen molar-refractivity contribution < 1.29 is 44.5 Å². The number of carbonyl (C=O) groups is 1. The van der Waals surface area contributed by atoms with Gasteiger partial charge in [-0.05, 0) is 23.8 Å². The molecule has 0 aliphatic carbocycles. The molecule has 25 heavy (non-hydrogen) atoms. The molecular formula is C16H20O9. The second kappa shape index (κ2) is 8.28. The molecule has 1 aromatic rings. The molecule has 0 unspecified atom stereocenters. The van der Waals surface area contributed by atoms with E-state index in [1.165, 1.54) is 25.3 Å². The number of phenolic OH excluding ortho intramolecular Hbond substituents is 1. The maximum absolute atomic E-state index is 11.7. The van der Waals surface area contributed by atoms with Crippen molar-refractivity contribution in [2.75, 3.05) is 13.7 Å². The number of benzene rings is 1. The van der Waals surface area contributed by atoms with Gasteiger partial charge in [0.15, 0.2) is 17.8 Å². The fourth-order valence-corrected chi connectivity index (χ4v) is 2.24. The molecule has 1 aromatic carbocycles. The van der Waals surface area contributed by atoms with Gasteiger partial charge >= 0.3 is 5.97 Å². The van der Waals surface area contributed by atoms with E-state index in [9.17, 15) is 30.3 Å². The summed E-state index contributed by atoms with van der Waals surface area (Å²) < 4.78 is 14.7. The van der Waals surface area contributed by atoms with Gasteiger partial charge in [-0.15, -0.1) is 0 Å². The number of ether oxygens (including phenoxy) is 3. The zero-order valence-corrected chi connectivity index (χ0v) is 13.3. The number of rotatable bonds is 5. The number of carbonyl (C=O) groups excluding carboxylic acids is 1. The van der Waals surface area contributed by atoms with Gasteiger partial charge in [-0.1, -0.05) is 6.07 Å². The number of hydrogen-bond acceptors (Lipinski definition) is 9. The molecule has 2 rings (SSSR count). The predicted octanol–water partition coefficient (Wildman–Crippen LogP) is -1.24. The molecule has 0 amide bonds. The molecule has 1 fully saturated rings. The van der Waals surface area contributed by atoms with Crippen LogP contribution in [0, 0.1) is 0 Å². The van der Waals surface area contributed by atoms with Crippen molar-refractivity contribution in [2.24, 2.45) is 0 Å². The van der Waals surface area contributed by atoms with E-state index in [4.69, 9.17) is 14.2 Å². The van der Waals surface area contributed by atoms with Gasteiger partial charge in [0.25, 0.3) is 0 Å². The molecule has 5 N–H and O–H groups in total. The first-order chi connectivity index (χ1) is 11.8. The van der Waals surface area contributed by atoms with Crippen molar-refractivity contribution in [3.8, 4) is 11.5 Å². The summed E-state index contributed by atoms with van der Waals surface area (Å²) in [5.41, 5.74) is 0.578. The third-order valence-electron chi connectivity index (χ3n) is 3.69. The highest BCUT2D eigenvalue weighted by Gasteiger charge is 2.43. The van der Waals surface area contributed by atoms with E-state index in [1.54, 1.807) is 6.07 Å². The number of aliphatic hydroxyl groups is 4. The van der Waals surface area contributed by atoms with Crippen LogP contribution in [0.25, 0.3) is 6.08 Å². The average Bonchev–Trinajstić information content (AvgIpc) is 2.61. The number of aromatic hydroxyl groups is 1. The Morgan fingerprint density at radius 1 is 1.20 bits per heavy atom. The lowest BCUT2D eigenvalue weighted by Gasteiger charge is -2.37. The molecule has 9 heteroatoms. The Balaban J connectivity index is 1.90. The van der Waals surface area contributed by atoms with Gasteiger partial charge in [-0.2, -0.15) is 0 Å². The Hall–Kier alpha value is -2.17. The number of esters is 1. The summed E-state index contributed by atoms with van der Waals surface area (Å²) in [6, 6.07) is 4.48. The summed E-state index contributed by atoms with van der Waals surface area (Å²) in [5.74, 6) is -0.543. The van der Waals surface area contributed by atoms with Crippen LogP contribution in [0.1, 0.15) is 5.56 Å². The van der Waals surface area contributed by atoms with E-state index in [-0.39, 0.29) is 11.5 Å². The van der Waals surface area contributed by atoms with E-state index in [0.717, 1.165) is 6.08 Å². The smallest absolute Gasteiger partial charge is 0.330 e. The lowest BCUT2D eigenvalue weighted by atomic mass is 9.99. The molecule has 0 spiro atoms. The predicted molar refractivity (Wildman–Crippen MR) is 83.6 cm³/mol. The van der Waals surface area contributed by atoms with Crippen molar-refractivity contribution in [3.05, 3.63) is 29.8 Å². The number of methoxy groups -OCH3 is 1. The van der Waals surface area contributed by atoms with Crippen molar-refractivity contribution >= 4 is 12.0 Å². The van der Waals surface area contributed by atoms with Gasteiger partial charge in [-0.25, -0.2) is 4.79 Å². The highest BCUT2D eigenvalue weighted by atomic mass is 16.6. The summed E-state index contributed by atoms with van der Waals surface area (Å²) in [6.07, 6.45) is -5.12. The van der Waals surface area contributed by atoms with Crippen LogP contribution in [-0.4, -0.2) is 75.9 Å². The van der Waals surface area contributed by atoms with Gasteiger partial charge < -0.3 is 39.7 Å². The van der Waals surface area contributed by atoms with Gasteiger partial charge in [0, 0.05) is 6.08 Å². The Kier molecular flexibility index (Phi) is 6.34. The second-order valence-electron chi connectivity index (χ2n) is 5.43. The number of aliphatic hydroxyl groups excluding tert-OH is 4. The first-order valence-electron chi connectivity index (χ1n) is 7.43. The Bertz CT molecular complexity index is 630. The summed E-state index contributed by atoms with van der Waals surface area (Å²) in [5, 5.41) is 47.5. The fourth-order valence-electron chi connectivity index (χ4n) is 2.24. The van der Waals surface area contributed by atoms with Crippen LogP contribution >= 0.6 is 0 Å². The Morgan fingerprint density at radius 2 is 1.92 bits per heavy atom. The van der Waals surface area contributed by atoms with Crippen molar-refractivity contribution in [1.82, 2.24) is 0 Å². The van der Waals surface area contributed by atoms with E-state index >= 15 is 0 Å². The lowest BCUT2D eigenvalue weighted by Crippen LogP contribution is -2.58. The molecular weight excluding hydrogens is 336 g/mol. The van der Waals surface area contributed by atoms with Crippen molar-refractivity contribution in [1.29, 1.82) is 0 Å². The standard InChI is InChI=1S/C16H20O9/c1-23-10-6-8(2-4-9(10)17)3-5-12(18)24-7-11-13(19)14(20)15(21)16(22)25-11/h2-6,11,13-17,19-22H,7H2,1H3/b5-3+/t11-,13-,14+,15-,16+/m1/s1. The minimum Gasteiger partial charge on any atom is -0.504 e. The van der Waals surface area contributed by atoms with Gasteiger partial charge in [0.1, 0.15) is 31.0 Å². The van der Waals surface area contributed by atoms with Crippen LogP contribution in [0.3, 0.4) is 0 Å². The topological polar surface area (TPSA) is 146 Å². The summed E-state index contributed by atoms with van der Waals surface area (Å²) >= 11 is 0. The van der Waals surface area contributed by atoms with Crippen LogP contribution in [-0.2, 0) is 14.3 Å². The van der Waals surface area contributed by atoms with Crippen LogP contribution in [0.2, 0.25) is 0 Å². The zero-order valence-electron chi connectivity index (χ0n) is 13.3. The van der Waals surface area contributed by atoms with Gasteiger partial charge in [0.05, 0.1) is 7.11 Å². The SMILES string of the molecule is COc1cc(/C=C/C(=O)OC[C@H]2O[C@H](O)[C@H](O)[C@@H](O)[C@@H]2O)ccc1O. The van der Waals surface area contributed by atoms with E-state index in [0.29, 0.717) is 5.56 Å². The van der Waals surface area contributed by atoms with Crippen LogP contribution in [0.15, 0.2) is 24.3 Å². The fraction of sp³-hybridized carbons (Fsp3) is 0.438. The molecule has 5 atom stereocenters. The van der Waals surface area contributed by atoms with Crippen LogP contribution in [0.5, 0.6) is 11.5 Å². The monoisotopic (exact) mass is 356 g/mol. The molecule has 0 aromatic heterocycles. The number of phenols is 1. The molecule has 0 radical (unpaired) electrons. The maximum Gasteiger partial charge on any atom is 0.330 e. The van der Waals surface area contributed by atoms with E-state index in [2.05, 4.69) is 0 Å². The van der Waals surface area contributed by atoms with Crippen LogP contribution in [0.4, 0.5) is 0 Å². The molecule has 0 saturated carbocycles. The van der Waals surface area contributed by atoms with Crippen molar-refractivity contribution in [2.45, 2.75) is 30.7 Å². The van der Waals surface area contributed by atoms with E-state index < -0.39 is 43.3 Å². The quantitative estimate of drug-likeness (QED) is 0.323. The highest BCUT2D eigenvalue weighted by molar-refractivity contribution is 5.87. The maximum atomic E-state index is 11.7. The molecule has 9 nitrogen and oxygen atoms in total. The van der Waals surface area contributed by atoms with E-state index in [1.807, 2.05) is 0 Å². The van der Waals surface area contributed by atoms with Gasteiger partial charge in [-0.3, -0.25) is 0 Å². The first-order valence-corrected chi connectivity index (χ1v) is 7.43. The molecule has 1 saturated heterocycles. The van der Waals surface area contributed by atoms with Crippen molar-refractivity contribution in [3.63, 3.8) is 0 Å². The molecule has 138 valence electrons. The van der Waals surface area contributed by atoms with Crippen LogP contribution < -0.4 is 4.74 Å². The first kappa shape index (κ1) is 19.2. The molecule has 1 heterocycles. The third-order valence-corrected chi connectivity index (χ3v) is 3.69. The summed E-state index contributed by atoms with van der Waals surface area (Å²) in [7, 11) is 1.39.